The number of hydrogen-bond acceptors (Lipinski definition) is 4. The van der Waals surface area contributed by atoms with Crippen LogP contribution in [0.15, 0.2) is 84.9 Å². The van der Waals surface area contributed by atoms with Crippen molar-refractivity contribution in [3.8, 4) is 5.75 Å². The van der Waals surface area contributed by atoms with Crippen LogP contribution in [0.3, 0.4) is 0 Å². The lowest BCUT2D eigenvalue weighted by Crippen LogP contribution is -2.24. The molecule has 4 rings (SSSR count). The summed E-state index contributed by atoms with van der Waals surface area (Å²) >= 11 is 0. The Hall–Kier alpha value is -4.45. The predicted octanol–water partition coefficient (Wildman–Crippen LogP) is 5.18. The Morgan fingerprint density at radius 3 is 2.49 bits per heavy atom. The van der Waals surface area contributed by atoms with Crippen molar-refractivity contribution in [1.82, 2.24) is 5.32 Å². The van der Waals surface area contributed by atoms with E-state index in [1.54, 1.807) is 36.4 Å². The number of fused-ring (bicyclic) bond motifs is 1. The SMILES string of the molecule is O=Cc1ccccc1OCc1ccc(CCC(=O)O)c(C(=O)NCc2cccc3ccccc23)c1. The van der Waals surface area contributed by atoms with E-state index in [1.165, 1.54) is 0 Å². The maximum atomic E-state index is 13.2. The van der Waals surface area contributed by atoms with Crippen molar-refractivity contribution in [2.45, 2.75) is 26.0 Å². The van der Waals surface area contributed by atoms with Crippen LogP contribution in [0.25, 0.3) is 10.8 Å². The Balaban J connectivity index is 1.54. The Morgan fingerprint density at radius 1 is 0.886 bits per heavy atom. The lowest BCUT2D eigenvalue weighted by Gasteiger charge is -2.14. The second kappa shape index (κ2) is 11.1. The number of carbonyl (C=O) groups is 3. The molecule has 0 saturated heterocycles. The fraction of sp³-hybridized carbons (Fsp3) is 0.138. The number of aliphatic carboxylic acids is 1. The molecular formula is C29H25NO5. The average molecular weight is 468 g/mol. The number of rotatable bonds is 10. The first-order chi connectivity index (χ1) is 17.0. The minimum Gasteiger partial charge on any atom is -0.488 e. The Labute approximate surface area is 203 Å². The third-order valence-corrected chi connectivity index (χ3v) is 5.79. The van der Waals surface area contributed by atoms with Gasteiger partial charge in [-0.1, -0.05) is 66.7 Å². The van der Waals surface area contributed by atoms with Crippen molar-refractivity contribution >= 4 is 28.9 Å². The number of nitrogens with one attached hydrogen (secondary N) is 1. The number of carboxylic acid groups (broad SMARTS) is 1. The van der Waals surface area contributed by atoms with Gasteiger partial charge in [-0.2, -0.15) is 0 Å². The molecule has 2 N–H and O–H groups in total. The number of aryl methyl sites for hydroxylation is 1. The van der Waals surface area contributed by atoms with Crippen LogP contribution in [0.4, 0.5) is 0 Å². The highest BCUT2D eigenvalue weighted by Gasteiger charge is 2.15. The zero-order chi connectivity index (χ0) is 24.6. The number of aldehydes is 1. The van der Waals surface area contributed by atoms with Crippen LogP contribution in [0.2, 0.25) is 0 Å². The van der Waals surface area contributed by atoms with E-state index in [0.29, 0.717) is 29.0 Å². The van der Waals surface area contributed by atoms with Gasteiger partial charge >= 0.3 is 5.97 Å². The van der Waals surface area contributed by atoms with Gasteiger partial charge in [0.2, 0.25) is 0 Å². The summed E-state index contributed by atoms with van der Waals surface area (Å²) in [5, 5.41) is 14.3. The van der Waals surface area contributed by atoms with Gasteiger partial charge in [-0.05, 0) is 52.1 Å². The van der Waals surface area contributed by atoms with Gasteiger partial charge in [0.15, 0.2) is 6.29 Å². The molecule has 0 aliphatic carbocycles. The second-order valence-corrected chi connectivity index (χ2v) is 8.15. The Morgan fingerprint density at radius 2 is 1.66 bits per heavy atom. The summed E-state index contributed by atoms with van der Waals surface area (Å²) in [5.74, 6) is -0.752. The number of carboxylic acids is 1. The van der Waals surface area contributed by atoms with Gasteiger partial charge in [-0.25, -0.2) is 0 Å². The van der Waals surface area contributed by atoms with Crippen LogP contribution < -0.4 is 10.1 Å². The lowest BCUT2D eigenvalue weighted by atomic mass is 9.99. The van der Waals surface area contributed by atoms with Crippen molar-refractivity contribution in [3.05, 3.63) is 113 Å². The highest BCUT2D eigenvalue weighted by Crippen LogP contribution is 2.21. The molecule has 35 heavy (non-hydrogen) atoms. The smallest absolute Gasteiger partial charge is 0.303 e. The molecule has 4 aromatic rings. The van der Waals surface area contributed by atoms with E-state index < -0.39 is 5.97 Å². The van der Waals surface area contributed by atoms with Gasteiger partial charge in [0.1, 0.15) is 12.4 Å². The lowest BCUT2D eigenvalue weighted by molar-refractivity contribution is -0.136. The van der Waals surface area contributed by atoms with E-state index in [4.69, 9.17) is 9.84 Å². The van der Waals surface area contributed by atoms with E-state index >= 15 is 0 Å². The van der Waals surface area contributed by atoms with Crippen molar-refractivity contribution in [1.29, 1.82) is 0 Å². The standard InChI is InChI=1S/C29H25NO5/c31-18-24-7-2-4-11-27(24)35-19-20-12-13-22(14-15-28(32)33)26(16-20)29(34)30-17-23-9-5-8-21-6-1-3-10-25(21)23/h1-13,16,18H,14-15,17,19H2,(H,30,34)(H,32,33). The molecule has 0 aliphatic heterocycles. The predicted molar refractivity (Wildman–Crippen MR) is 134 cm³/mol. The van der Waals surface area contributed by atoms with Gasteiger partial charge in [-0.15, -0.1) is 0 Å². The van der Waals surface area contributed by atoms with Crippen molar-refractivity contribution < 1.29 is 24.2 Å². The van der Waals surface area contributed by atoms with Crippen LogP contribution in [0.1, 0.15) is 43.8 Å². The van der Waals surface area contributed by atoms with E-state index in [1.807, 2.05) is 48.5 Å². The van der Waals surface area contributed by atoms with Crippen LogP contribution in [-0.2, 0) is 24.4 Å². The monoisotopic (exact) mass is 467 g/mol. The molecule has 4 aromatic carbocycles. The van der Waals surface area contributed by atoms with Gasteiger partial charge in [-0.3, -0.25) is 14.4 Å². The first-order valence-corrected chi connectivity index (χ1v) is 11.3. The van der Waals surface area contributed by atoms with Crippen LogP contribution in [-0.4, -0.2) is 23.3 Å². The molecule has 6 heteroatoms. The van der Waals surface area contributed by atoms with E-state index in [-0.39, 0.29) is 25.4 Å². The Bertz CT molecular complexity index is 1370. The molecule has 0 unspecified atom stereocenters. The summed E-state index contributed by atoms with van der Waals surface area (Å²) in [6.45, 7) is 0.500. The first-order valence-electron chi connectivity index (χ1n) is 11.3. The normalized spacial score (nSPS) is 10.6. The largest absolute Gasteiger partial charge is 0.488 e. The van der Waals surface area contributed by atoms with Gasteiger partial charge in [0, 0.05) is 18.5 Å². The molecule has 176 valence electrons. The molecule has 0 fully saturated rings. The van der Waals surface area contributed by atoms with E-state index in [0.717, 1.165) is 28.2 Å². The van der Waals surface area contributed by atoms with Crippen molar-refractivity contribution in [3.63, 3.8) is 0 Å². The van der Waals surface area contributed by atoms with Gasteiger partial charge in [0.25, 0.3) is 5.91 Å². The van der Waals surface area contributed by atoms with Gasteiger partial charge in [0.05, 0.1) is 5.56 Å². The molecule has 0 saturated carbocycles. The number of carbonyl (C=O) groups excluding carboxylic acids is 2. The number of hydrogen-bond donors (Lipinski definition) is 2. The molecular weight excluding hydrogens is 442 g/mol. The molecule has 0 radical (unpaired) electrons. The summed E-state index contributed by atoms with van der Waals surface area (Å²) in [6.07, 6.45) is 0.893. The quantitative estimate of drug-likeness (QED) is 0.314. The highest BCUT2D eigenvalue weighted by atomic mass is 16.5. The molecule has 0 aliphatic rings. The summed E-state index contributed by atoms with van der Waals surface area (Å²) in [6, 6.07) is 26.1. The maximum absolute atomic E-state index is 13.2. The minimum absolute atomic E-state index is 0.0772. The fourth-order valence-electron chi connectivity index (χ4n) is 3.97. The third-order valence-electron chi connectivity index (χ3n) is 5.79. The number of ether oxygens (including phenoxy) is 1. The molecule has 0 bridgehead atoms. The zero-order valence-electron chi connectivity index (χ0n) is 19.1. The summed E-state index contributed by atoms with van der Waals surface area (Å²) in [7, 11) is 0. The minimum atomic E-state index is -0.926. The molecule has 0 aromatic heterocycles. The number of amides is 1. The molecule has 0 heterocycles. The first kappa shape index (κ1) is 23.7. The van der Waals surface area contributed by atoms with Crippen LogP contribution >= 0.6 is 0 Å². The fourth-order valence-corrected chi connectivity index (χ4v) is 3.97. The molecule has 1 amide bonds. The summed E-state index contributed by atoms with van der Waals surface area (Å²) in [4.78, 5) is 35.6. The summed E-state index contributed by atoms with van der Waals surface area (Å²) in [5.41, 5.74) is 3.24. The highest BCUT2D eigenvalue weighted by molar-refractivity contribution is 5.96. The molecule has 6 nitrogen and oxygen atoms in total. The molecule has 0 spiro atoms. The third kappa shape index (κ3) is 5.92. The van der Waals surface area contributed by atoms with Crippen molar-refractivity contribution in [2.24, 2.45) is 0 Å². The zero-order valence-corrected chi connectivity index (χ0v) is 19.1. The van der Waals surface area contributed by atoms with E-state index in [2.05, 4.69) is 5.32 Å². The van der Waals surface area contributed by atoms with Crippen LogP contribution in [0.5, 0.6) is 5.75 Å². The van der Waals surface area contributed by atoms with E-state index in [9.17, 15) is 14.4 Å². The van der Waals surface area contributed by atoms with Crippen LogP contribution in [0, 0.1) is 0 Å². The molecule has 0 atom stereocenters. The summed E-state index contributed by atoms with van der Waals surface area (Å²) < 4.78 is 5.81. The van der Waals surface area contributed by atoms with Crippen molar-refractivity contribution in [2.75, 3.05) is 0 Å². The maximum Gasteiger partial charge on any atom is 0.303 e. The topological polar surface area (TPSA) is 92.7 Å². The van der Waals surface area contributed by atoms with Gasteiger partial charge < -0.3 is 15.2 Å². The Kier molecular flexibility index (Phi) is 7.53. The number of para-hydroxylation sites is 1. The number of benzene rings is 4. The second-order valence-electron chi connectivity index (χ2n) is 8.15. The average Bonchev–Trinajstić information content (AvgIpc) is 2.89.